The van der Waals surface area contributed by atoms with Crippen molar-refractivity contribution in [1.82, 2.24) is 0 Å². The van der Waals surface area contributed by atoms with E-state index in [4.69, 9.17) is 0 Å². The summed E-state index contributed by atoms with van der Waals surface area (Å²) in [5.41, 5.74) is 3.63. The molecule has 1 saturated carbocycles. The van der Waals surface area contributed by atoms with Crippen molar-refractivity contribution in [1.29, 1.82) is 0 Å². The summed E-state index contributed by atoms with van der Waals surface area (Å²) in [5.74, 6) is 0.257. The van der Waals surface area contributed by atoms with Gasteiger partial charge in [-0.1, -0.05) is 27.7 Å². The summed E-state index contributed by atoms with van der Waals surface area (Å²) in [6.45, 7) is 9.74. The first-order valence-corrected chi connectivity index (χ1v) is 7.52. The fourth-order valence-electron chi connectivity index (χ4n) is 3.62. The van der Waals surface area contributed by atoms with Gasteiger partial charge in [0.15, 0.2) is 0 Å². The van der Waals surface area contributed by atoms with Crippen molar-refractivity contribution in [2.45, 2.75) is 40.5 Å². The number of carbonyl (C=O) groups is 1. The molecule has 1 aromatic rings. The van der Waals surface area contributed by atoms with Crippen LogP contribution in [0.3, 0.4) is 0 Å². The lowest BCUT2D eigenvalue weighted by Gasteiger charge is -2.19. The standard InChI is InChI=1S/C17H24N2O/c1-16(2)14(17(16,3)4)15(20)19-12-7-8-13-11(10-12)6-5-9-18-13/h7-8,10,14,18H,5-6,9H2,1-4H3,(H,19,20). The van der Waals surface area contributed by atoms with Crippen molar-refractivity contribution < 1.29 is 4.79 Å². The molecule has 0 bridgehead atoms. The average Bonchev–Trinajstić information content (AvgIpc) is 2.79. The number of fused-ring (bicyclic) bond motifs is 1. The maximum absolute atomic E-state index is 12.4. The van der Waals surface area contributed by atoms with Gasteiger partial charge in [0.1, 0.15) is 0 Å². The highest BCUT2D eigenvalue weighted by Gasteiger charge is 2.68. The Hall–Kier alpha value is -1.51. The first kappa shape index (κ1) is 13.5. The van der Waals surface area contributed by atoms with Crippen LogP contribution in [0.2, 0.25) is 0 Å². The van der Waals surface area contributed by atoms with E-state index in [9.17, 15) is 4.79 Å². The van der Waals surface area contributed by atoms with Crippen LogP contribution in [0.4, 0.5) is 11.4 Å². The summed E-state index contributed by atoms with van der Waals surface area (Å²) in [5, 5.41) is 6.49. The zero-order valence-corrected chi connectivity index (χ0v) is 12.8. The fraction of sp³-hybridized carbons (Fsp3) is 0.588. The van der Waals surface area contributed by atoms with E-state index in [1.165, 1.54) is 11.3 Å². The number of amides is 1. The molecule has 3 heteroatoms. The molecule has 1 fully saturated rings. The highest BCUT2D eigenvalue weighted by Crippen LogP contribution is 2.68. The smallest absolute Gasteiger partial charge is 0.228 e. The van der Waals surface area contributed by atoms with Crippen molar-refractivity contribution in [2.75, 3.05) is 17.2 Å². The zero-order valence-electron chi connectivity index (χ0n) is 12.8. The molecule has 1 amide bonds. The van der Waals surface area contributed by atoms with Gasteiger partial charge in [-0.15, -0.1) is 0 Å². The molecule has 20 heavy (non-hydrogen) atoms. The molecule has 0 spiro atoms. The predicted molar refractivity (Wildman–Crippen MR) is 82.9 cm³/mol. The average molecular weight is 272 g/mol. The third-order valence-corrected chi connectivity index (χ3v) is 5.59. The highest BCUT2D eigenvalue weighted by molar-refractivity contribution is 5.96. The van der Waals surface area contributed by atoms with Crippen LogP contribution in [0, 0.1) is 16.7 Å². The molecule has 2 N–H and O–H groups in total. The van der Waals surface area contributed by atoms with E-state index in [1.54, 1.807) is 0 Å². The van der Waals surface area contributed by atoms with E-state index in [-0.39, 0.29) is 22.7 Å². The van der Waals surface area contributed by atoms with Gasteiger partial charge in [-0.2, -0.15) is 0 Å². The van der Waals surface area contributed by atoms with E-state index in [0.29, 0.717) is 0 Å². The molecule has 0 aromatic heterocycles. The van der Waals surface area contributed by atoms with Gasteiger partial charge < -0.3 is 10.6 Å². The molecule has 0 atom stereocenters. The molecular formula is C17H24N2O. The van der Waals surface area contributed by atoms with E-state index < -0.39 is 0 Å². The Bertz CT molecular complexity index is 546. The van der Waals surface area contributed by atoms with Gasteiger partial charge in [0, 0.05) is 23.8 Å². The largest absolute Gasteiger partial charge is 0.385 e. The Kier molecular flexibility index (Phi) is 2.86. The molecule has 2 aliphatic rings. The van der Waals surface area contributed by atoms with Gasteiger partial charge in [0.05, 0.1) is 0 Å². The summed E-state index contributed by atoms with van der Waals surface area (Å²) in [4.78, 5) is 12.4. The highest BCUT2D eigenvalue weighted by atomic mass is 16.2. The minimum atomic E-state index is 0.0901. The van der Waals surface area contributed by atoms with Crippen LogP contribution < -0.4 is 10.6 Å². The number of nitrogens with one attached hydrogen (secondary N) is 2. The Morgan fingerprint density at radius 3 is 2.60 bits per heavy atom. The molecule has 1 aliphatic heterocycles. The Balaban J connectivity index is 1.74. The third kappa shape index (κ3) is 1.91. The lowest BCUT2D eigenvalue weighted by Crippen LogP contribution is -2.18. The van der Waals surface area contributed by atoms with Crippen molar-refractivity contribution in [3.8, 4) is 0 Å². The lowest BCUT2D eigenvalue weighted by atomic mass is 10.0. The summed E-state index contributed by atoms with van der Waals surface area (Å²) in [6, 6.07) is 6.19. The molecular weight excluding hydrogens is 248 g/mol. The lowest BCUT2D eigenvalue weighted by molar-refractivity contribution is -0.118. The number of anilines is 2. The van der Waals surface area contributed by atoms with Gasteiger partial charge in [0.2, 0.25) is 5.91 Å². The number of aryl methyl sites for hydroxylation is 1. The van der Waals surface area contributed by atoms with Crippen LogP contribution in [0.1, 0.15) is 39.7 Å². The molecule has 108 valence electrons. The minimum Gasteiger partial charge on any atom is -0.385 e. The molecule has 3 rings (SSSR count). The van der Waals surface area contributed by atoms with Crippen molar-refractivity contribution in [3.63, 3.8) is 0 Å². The second-order valence-electron chi connectivity index (χ2n) is 7.27. The number of benzene rings is 1. The predicted octanol–water partition coefficient (Wildman–Crippen LogP) is 3.67. The number of hydrogen-bond donors (Lipinski definition) is 2. The van der Waals surface area contributed by atoms with Crippen LogP contribution in [-0.4, -0.2) is 12.5 Å². The first-order valence-electron chi connectivity index (χ1n) is 7.52. The van der Waals surface area contributed by atoms with E-state index in [2.05, 4.69) is 50.5 Å². The van der Waals surface area contributed by atoms with Crippen LogP contribution in [0.5, 0.6) is 0 Å². The van der Waals surface area contributed by atoms with Crippen LogP contribution >= 0.6 is 0 Å². The SMILES string of the molecule is CC1(C)C(C(=O)Nc2ccc3c(c2)CCCN3)C1(C)C. The fourth-order valence-corrected chi connectivity index (χ4v) is 3.62. The van der Waals surface area contributed by atoms with Crippen LogP contribution in [0.25, 0.3) is 0 Å². The van der Waals surface area contributed by atoms with E-state index in [1.807, 2.05) is 6.07 Å². The molecule has 0 radical (unpaired) electrons. The molecule has 1 aromatic carbocycles. The summed E-state index contributed by atoms with van der Waals surface area (Å²) >= 11 is 0. The maximum atomic E-state index is 12.4. The van der Waals surface area contributed by atoms with Gasteiger partial charge in [-0.05, 0) is 47.4 Å². The van der Waals surface area contributed by atoms with Gasteiger partial charge in [0.25, 0.3) is 0 Å². The van der Waals surface area contributed by atoms with Gasteiger partial charge in [-0.3, -0.25) is 4.79 Å². The molecule has 0 unspecified atom stereocenters. The van der Waals surface area contributed by atoms with Crippen LogP contribution in [-0.2, 0) is 11.2 Å². The summed E-state index contributed by atoms with van der Waals surface area (Å²) < 4.78 is 0. The summed E-state index contributed by atoms with van der Waals surface area (Å²) in [6.07, 6.45) is 2.25. The normalized spacial score (nSPS) is 22.6. The summed E-state index contributed by atoms with van der Waals surface area (Å²) in [7, 11) is 0. The second kappa shape index (κ2) is 4.24. The first-order chi connectivity index (χ1) is 9.34. The van der Waals surface area contributed by atoms with E-state index in [0.717, 1.165) is 25.1 Å². The molecule has 1 aliphatic carbocycles. The van der Waals surface area contributed by atoms with Gasteiger partial charge in [-0.25, -0.2) is 0 Å². The molecule has 3 nitrogen and oxygen atoms in total. The number of hydrogen-bond acceptors (Lipinski definition) is 2. The quantitative estimate of drug-likeness (QED) is 0.862. The Morgan fingerprint density at radius 2 is 1.95 bits per heavy atom. The topological polar surface area (TPSA) is 41.1 Å². The van der Waals surface area contributed by atoms with Gasteiger partial charge >= 0.3 is 0 Å². The van der Waals surface area contributed by atoms with Crippen molar-refractivity contribution >= 4 is 17.3 Å². The van der Waals surface area contributed by atoms with Crippen LogP contribution in [0.15, 0.2) is 18.2 Å². The Labute approximate surface area is 121 Å². The minimum absolute atomic E-state index is 0.0901. The second-order valence-corrected chi connectivity index (χ2v) is 7.27. The molecule has 0 saturated heterocycles. The Morgan fingerprint density at radius 1 is 1.25 bits per heavy atom. The number of carbonyl (C=O) groups excluding carboxylic acids is 1. The van der Waals surface area contributed by atoms with Crippen molar-refractivity contribution in [3.05, 3.63) is 23.8 Å². The molecule has 1 heterocycles. The maximum Gasteiger partial charge on any atom is 0.228 e. The zero-order chi connectivity index (χ0) is 14.5. The number of rotatable bonds is 2. The monoisotopic (exact) mass is 272 g/mol. The van der Waals surface area contributed by atoms with E-state index >= 15 is 0 Å². The van der Waals surface area contributed by atoms with Crippen molar-refractivity contribution in [2.24, 2.45) is 16.7 Å². The third-order valence-electron chi connectivity index (χ3n) is 5.59.